The minimum Gasteiger partial charge on any atom is -0.467 e. The zero-order chi connectivity index (χ0) is 24.4. The fourth-order valence-electron chi connectivity index (χ4n) is 4.45. The summed E-state index contributed by atoms with van der Waals surface area (Å²) in [5, 5.41) is 0. The number of hydrogen-bond acceptors (Lipinski definition) is 7. The molecule has 2 aliphatic rings. The molecular formula is C25H28FN5O4. The van der Waals surface area contributed by atoms with Gasteiger partial charge in [-0.05, 0) is 56.5 Å². The van der Waals surface area contributed by atoms with Crippen LogP contribution in [0.5, 0.6) is 6.01 Å². The summed E-state index contributed by atoms with van der Waals surface area (Å²) in [7, 11) is 1.49. The Kier molecular flexibility index (Phi) is 6.48. The zero-order valence-corrected chi connectivity index (χ0v) is 19.8. The van der Waals surface area contributed by atoms with Crippen molar-refractivity contribution in [2.75, 3.05) is 33.4 Å². The molecule has 10 heteroatoms. The van der Waals surface area contributed by atoms with E-state index in [1.54, 1.807) is 24.4 Å². The van der Waals surface area contributed by atoms with Crippen molar-refractivity contribution in [2.24, 2.45) is 5.41 Å². The molecule has 0 bridgehead atoms. The minimum absolute atomic E-state index is 0.0656. The molecule has 0 radical (unpaired) electrons. The third-order valence-electron chi connectivity index (χ3n) is 6.40. The number of likely N-dealkylation sites (tertiary alicyclic amines) is 1. The van der Waals surface area contributed by atoms with Gasteiger partial charge in [-0.3, -0.25) is 4.79 Å². The molecule has 0 unspecified atom stereocenters. The molecule has 9 nitrogen and oxygen atoms in total. The lowest BCUT2D eigenvalue weighted by atomic mass is 9.89. The van der Waals surface area contributed by atoms with Gasteiger partial charge in [-0.25, -0.2) is 14.4 Å². The van der Waals surface area contributed by atoms with Crippen LogP contribution in [0.2, 0.25) is 0 Å². The molecule has 2 aromatic heterocycles. The van der Waals surface area contributed by atoms with Crippen LogP contribution in [0, 0.1) is 11.2 Å². The number of aromatic nitrogens is 4. The number of amides is 1. The van der Waals surface area contributed by atoms with E-state index in [0.717, 1.165) is 32.4 Å². The maximum atomic E-state index is 13.6. The van der Waals surface area contributed by atoms with Crippen molar-refractivity contribution < 1.29 is 23.4 Å². The van der Waals surface area contributed by atoms with Crippen molar-refractivity contribution in [3.05, 3.63) is 48.2 Å². The van der Waals surface area contributed by atoms with Crippen LogP contribution in [0.25, 0.3) is 22.6 Å². The lowest BCUT2D eigenvalue weighted by Gasteiger charge is -2.40. The highest BCUT2D eigenvalue weighted by molar-refractivity contribution is 5.83. The Hall–Kier alpha value is -3.37. The van der Waals surface area contributed by atoms with Crippen molar-refractivity contribution in [3.63, 3.8) is 0 Å². The van der Waals surface area contributed by atoms with Crippen LogP contribution >= 0.6 is 0 Å². The molecule has 2 saturated heterocycles. The summed E-state index contributed by atoms with van der Waals surface area (Å²) in [5.41, 5.74) is 1.66. The summed E-state index contributed by atoms with van der Waals surface area (Å²) in [6, 6.07) is 7.98. The fourth-order valence-corrected chi connectivity index (χ4v) is 4.45. The Labute approximate surface area is 202 Å². The van der Waals surface area contributed by atoms with Gasteiger partial charge < -0.3 is 24.1 Å². The number of carbonyl (C=O) groups excluding carboxylic acids is 1. The minimum atomic E-state index is -0.783. The van der Waals surface area contributed by atoms with Crippen molar-refractivity contribution >= 4 is 5.91 Å². The number of ether oxygens (including phenoxy) is 3. The van der Waals surface area contributed by atoms with Crippen molar-refractivity contribution in [3.8, 4) is 28.7 Å². The number of methoxy groups -OCH3 is 1. The number of piperidine rings is 1. The molecule has 0 atom stereocenters. The largest absolute Gasteiger partial charge is 0.467 e. The Balaban J connectivity index is 1.41. The number of halogens is 1. The summed E-state index contributed by atoms with van der Waals surface area (Å²) < 4.78 is 30.8. The van der Waals surface area contributed by atoms with Gasteiger partial charge in [0.25, 0.3) is 0 Å². The monoisotopic (exact) mass is 481 g/mol. The maximum absolute atomic E-state index is 13.6. The Morgan fingerprint density at radius 2 is 1.83 bits per heavy atom. The van der Waals surface area contributed by atoms with Crippen LogP contribution in [0.15, 0.2) is 36.5 Å². The number of imidazole rings is 1. The summed E-state index contributed by atoms with van der Waals surface area (Å²) >= 11 is 0. The van der Waals surface area contributed by atoms with E-state index in [0.29, 0.717) is 28.5 Å². The van der Waals surface area contributed by atoms with E-state index in [-0.39, 0.29) is 30.9 Å². The molecular weight excluding hydrogens is 453 g/mol. The first kappa shape index (κ1) is 23.4. The number of nitrogens with zero attached hydrogens (tertiary/aromatic N) is 4. The second-order valence-corrected chi connectivity index (χ2v) is 9.15. The first-order chi connectivity index (χ1) is 17.0. The van der Waals surface area contributed by atoms with E-state index in [1.165, 1.54) is 19.2 Å². The van der Waals surface area contributed by atoms with E-state index in [9.17, 15) is 9.18 Å². The van der Waals surface area contributed by atoms with Gasteiger partial charge in [0.05, 0.1) is 42.8 Å². The number of hydrogen-bond donors (Lipinski definition) is 1. The second kappa shape index (κ2) is 9.71. The number of H-pyrrole nitrogens is 1. The number of nitrogens with one attached hydrogen (secondary N) is 1. The highest BCUT2D eigenvalue weighted by Gasteiger charge is 2.43. The maximum Gasteiger partial charge on any atom is 0.316 e. The van der Waals surface area contributed by atoms with Crippen molar-refractivity contribution in [1.29, 1.82) is 0 Å². The van der Waals surface area contributed by atoms with Crippen molar-refractivity contribution in [1.82, 2.24) is 24.8 Å². The SMILES string of the molecule is COc1nccc(-c2[nH]c(C3OCC(C)(C(=O)N4CCCCC4)CO3)nc2-c2ccc(F)cc2)n1. The van der Waals surface area contributed by atoms with Gasteiger partial charge in [-0.15, -0.1) is 0 Å². The Morgan fingerprint density at radius 3 is 2.51 bits per heavy atom. The topological polar surface area (TPSA) is 102 Å². The summed E-state index contributed by atoms with van der Waals surface area (Å²) in [5.74, 6) is 0.159. The molecule has 2 fully saturated rings. The van der Waals surface area contributed by atoms with Gasteiger partial charge in [0, 0.05) is 24.8 Å². The molecule has 0 saturated carbocycles. The van der Waals surface area contributed by atoms with Crippen LogP contribution in [0.1, 0.15) is 38.3 Å². The van der Waals surface area contributed by atoms with Crippen LogP contribution in [-0.4, -0.2) is 64.2 Å². The first-order valence-corrected chi connectivity index (χ1v) is 11.7. The molecule has 5 rings (SSSR count). The lowest BCUT2D eigenvalue weighted by molar-refractivity contribution is -0.234. The van der Waals surface area contributed by atoms with Gasteiger partial charge in [0.2, 0.25) is 12.2 Å². The average Bonchev–Trinajstić information content (AvgIpc) is 3.35. The molecule has 0 spiro atoms. The third-order valence-corrected chi connectivity index (χ3v) is 6.40. The average molecular weight is 482 g/mol. The van der Waals surface area contributed by atoms with Crippen LogP contribution in [0.4, 0.5) is 4.39 Å². The van der Waals surface area contributed by atoms with E-state index in [1.807, 2.05) is 11.8 Å². The fraction of sp³-hybridized carbons (Fsp3) is 0.440. The van der Waals surface area contributed by atoms with E-state index in [2.05, 4.69) is 15.0 Å². The van der Waals surface area contributed by atoms with Gasteiger partial charge in [-0.2, -0.15) is 4.98 Å². The molecule has 4 heterocycles. The zero-order valence-electron chi connectivity index (χ0n) is 19.8. The molecule has 3 aromatic rings. The van der Waals surface area contributed by atoms with Crippen molar-refractivity contribution in [2.45, 2.75) is 32.5 Å². The first-order valence-electron chi connectivity index (χ1n) is 11.7. The summed E-state index contributed by atoms with van der Waals surface area (Å²) in [4.78, 5) is 31.5. The lowest BCUT2D eigenvalue weighted by Crippen LogP contribution is -2.51. The number of rotatable bonds is 5. The van der Waals surface area contributed by atoms with E-state index >= 15 is 0 Å². The predicted octanol–water partition coefficient (Wildman–Crippen LogP) is 3.75. The summed E-state index contributed by atoms with van der Waals surface area (Å²) in [6.45, 7) is 3.88. The van der Waals surface area contributed by atoms with Gasteiger partial charge >= 0.3 is 6.01 Å². The quantitative estimate of drug-likeness (QED) is 0.592. The highest BCUT2D eigenvalue weighted by atomic mass is 19.1. The normalized spacial score (nSPS) is 22.7. The van der Waals surface area contributed by atoms with E-state index in [4.69, 9.17) is 19.2 Å². The second-order valence-electron chi connectivity index (χ2n) is 9.15. The molecule has 1 N–H and O–H groups in total. The van der Waals surface area contributed by atoms with Gasteiger partial charge in [0.15, 0.2) is 5.82 Å². The third kappa shape index (κ3) is 4.76. The molecule has 2 aliphatic heterocycles. The molecule has 35 heavy (non-hydrogen) atoms. The smallest absolute Gasteiger partial charge is 0.316 e. The number of aromatic amines is 1. The van der Waals surface area contributed by atoms with Crippen LogP contribution in [-0.2, 0) is 14.3 Å². The van der Waals surface area contributed by atoms with Crippen LogP contribution in [0.3, 0.4) is 0 Å². The molecule has 184 valence electrons. The Morgan fingerprint density at radius 1 is 1.11 bits per heavy atom. The van der Waals surface area contributed by atoms with Gasteiger partial charge in [0.1, 0.15) is 5.82 Å². The Bertz CT molecular complexity index is 1180. The van der Waals surface area contributed by atoms with E-state index < -0.39 is 11.7 Å². The number of benzene rings is 1. The van der Waals surface area contributed by atoms with Crippen LogP contribution < -0.4 is 4.74 Å². The predicted molar refractivity (Wildman–Crippen MR) is 125 cm³/mol. The highest BCUT2D eigenvalue weighted by Crippen LogP contribution is 2.36. The molecule has 1 amide bonds. The molecule has 1 aromatic carbocycles. The standard InChI is InChI=1S/C25H28FN5O4/c1-25(23(32)31-12-4-3-5-13-31)14-34-22(35-15-25)21-29-19(16-6-8-17(26)9-7-16)20(30-21)18-10-11-27-24(28-18)33-2/h6-11,22H,3-5,12-15H2,1-2H3,(H,29,30). The summed E-state index contributed by atoms with van der Waals surface area (Å²) in [6.07, 6.45) is 4.02. The molecule has 0 aliphatic carbocycles. The number of carbonyl (C=O) groups is 1. The van der Waals surface area contributed by atoms with Gasteiger partial charge in [-0.1, -0.05) is 0 Å².